The lowest BCUT2D eigenvalue weighted by Gasteiger charge is -2.13. The molecule has 0 spiro atoms. The Labute approximate surface area is 234 Å². The van der Waals surface area contributed by atoms with Gasteiger partial charge in [-0.15, -0.1) is 0 Å². The summed E-state index contributed by atoms with van der Waals surface area (Å²) in [4.78, 5) is 0. The maximum atomic E-state index is 7.78. The van der Waals surface area contributed by atoms with Crippen molar-refractivity contribution in [1.82, 2.24) is 0 Å². The first kappa shape index (κ1) is 24.9. The van der Waals surface area contributed by atoms with Crippen LogP contribution in [0.3, 0.4) is 0 Å². The number of nitrogens with one attached hydrogen (secondary N) is 3. The molecule has 3 nitrogen and oxygen atoms in total. The van der Waals surface area contributed by atoms with Crippen molar-refractivity contribution < 1.29 is 0 Å². The van der Waals surface area contributed by atoms with Crippen molar-refractivity contribution >= 4 is 39.6 Å². The van der Waals surface area contributed by atoms with Gasteiger partial charge < -0.3 is 16.0 Å². The molecule has 0 bridgehead atoms. The number of para-hydroxylation sites is 2. The van der Waals surface area contributed by atoms with Gasteiger partial charge in [-0.25, -0.2) is 0 Å². The number of rotatable bonds is 6. The van der Waals surface area contributed by atoms with Crippen LogP contribution in [0.4, 0.5) is 22.7 Å². The third-order valence-electron chi connectivity index (χ3n) is 6.86. The Morgan fingerprint density at radius 3 is 1.30 bits per heavy atom. The number of hydrogen-bond acceptors (Lipinski definition) is 3. The molecule has 0 aliphatic heterocycles. The number of hydrogen-bond donors (Lipinski definition) is 3. The number of anilines is 4. The zero-order valence-corrected chi connectivity index (χ0v) is 22.0. The van der Waals surface area contributed by atoms with Crippen LogP contribution in [0.1, 0.15) is 11.1 Å². The summed E-state index contributed by atoms with van der Waals surface area (Å²) in [6.45, 7) is 0. The normalized spacial score (nSPS) is 12.3. The SMILES string of the molecule is N=C1C=CC(=c2ccc(=C(c3ccc(Nc4ccccc4)cc3)c3ccc(Nc4ccccc4)cc3)cc2)C=C1. The Bertz CT molecular complexity index is 1690. The lowest BCUT2D eigenvalue weighted by atomic mass is 9.94. The Balaban J connectivity index is 1.39. The van der Waals surface area contributed by atoms with Crippen LogP contribution in [0, 0.1) is 5.41 Å². The summed E-state index contributed by atoms with van der Waals surface area (Å²) < 4.78 is 0. The van der Waals surface area contributed by atoms with E-state index in [2.05, 4.69) is 108 Å². The summed E-state index contributed by atoms with van der Waals surface area (Å²) in [6, 6.07) is 46.3. The maximum Gasteiger partial charge on any atom is 0.0540 e. The van der Waals surface area contributed by atoms with Crippen molar-refractivity contribution in [3.8, 4) is 0 Å². The first-order valence-electron chi connectivity index (χ1n) is 13.4. The second-order valence-electron chi connectivity index (χ2n) is 9.67. The van der Waals surface area contributed by atoms with Gasteiger partial charge in [0.15, 0.2) is 0 Å². The van der Waals surface area contributed by atoms with Gasteiger partial charge in [0.25, 0.3) is 0 Å². The average Bonchev–Trinajstić information content (AvgIpc) is 3.01. The molecule has 0 saturated heterocycles. The van der Waals surface area contributed by atoms with Crippen molar-refractivity contribution in [3.63, 3.8) is 0 Å². The lowest BCUT2D eigenvalue weighted by Crippen LogP contribution is -2.14. The highest BCUT2D eigenvalue weighted by Crippen LogP contribution is 2.26. The highest BCUT2D eigenvalue weighted by molar-refractivity contribution is 6.06. The molecule has 0 radical (unpaired) electrons. The van der Waals surface area contributed by atoms with Gasteiger partial charge in [0.1, 0.15) is 0 Å². The average molecular weight is 516 g/mol. The standard InChI is InChI=1S/C37H29N3/c38-32-21-15-28(16-22-32)27-11-13-29(14-12-27)37(30-17-23-35(24-18-30)39-33-7-3-1-4-8-33)31-19-25-36(26-20-31)40-34-9-5-2-6-10-34/h1-26,38-40H. The molecule has 5 aromatic rings. The fourth-order valence-corrected chi connectivity index (χ4v) is 4.81. The fraction of sp³-hybridized carbons (Fsp3) is 0. The van der Waals surface area contributed by atoms with Crippen LogP contribution < -0.4 is 21.1 Å². The summed E-state index contributed by atoms with van der Waals surface area (Å²) in [6.07, 6.45) is 7.66. The fourth-order valence-electron chi connectivity index (χ4n) is 4.81. The number of allylic oxidation sites excluding steroid dienone is 4. The Hall–Kier alpha value is -5.41. The molecule has 0 saturated carbocycles. The molecule has 1 aliphatic rings. The predicted molar refractivity (Wildman–Crippen MR) is 169 cm³/mol. The molecule has 3 N–H and O–H groups in total. The smallest absolute Gasteiger partial charge is 0.0540 e. The molecule has 0 amide bonds. The van der Waals surface area contributed by atoms with Gasteiger partial charge in [-0.3, -0.25) is 0 Å². The van der Waals surface area contributed by atoms with E-state index in [0.29, 0.717) is 5.71 Å². The third-order valence-corrected chi connectivity index (χ3v) is 6.86. The van der Waals surface area contributed by atoms with E-state index in [0.717, 1.165) is 49.9 Å². The van der Waals surface area contributed by atoms with Crippen LogP contribution in [0.5, 0.6) is 0 Å². The van der Waals surface area contributed by atoms with E-state index in [1.807, 2.05) is 60.7 Å². The molecular weight excluding hydrogens is 486 g/mol. The van der Waals surface area contributed by atoms with E-state index in [4.69, 9.17) is 5.41 Å². The molecule has 6 rings (SSSR count). The second kappa shape index (κ2) is 11.5. The largest absolute Gasteiger partial charge is 0.356 e. The van der Waals surface area contributed by atoms with Crippen molar-refractivity contribution in [3.05, 3.63) is 179 Å². The second-order valence-corrected chi connectivity index (χ2v) is 9.67. The van der Waals surface area contributed by atoms with Crippen LogP contribution in [-0.4, -0.2) is 5.71 Å². The Morgan fingerprint density at radius 1 is 0.425 bits per heavy atom. The van der Waals surface area contributed by atoms with Crippen LogP contribution in [0.2, 0.25) is 0 Å². The van der Waals surface area contributed by atoms with Gasteiger partial charge in [0.05, 0.1) is 5.71 Å². The molecule has 192 valence electrons. The highest BCUT2D eigenvalue weighted by Gasteiger charge is 2.08. The molecule has 0 atom stereocenters. The van der Waals surface area contributed by atoms with E-state index < -0.39 is 0 Å². The summed E-state index contributed by atoms with van der Waals surface area (Å²) in [5.41, 5.74) is 9.32. The van der Waals surface area contributed by atoms with Gasteiger partial charge in [-0.2, -0.15) is 0 Å². The first-order valence-corrected chi connectivity index (χ1v) is 13.4. The molecule has 0 fully saturated rings. The molecule has 0 aromatic heterocycles. The molecule has 0 unspecified atom stereocenters. The minimum Gasteiger partial charge on any atom is -0.356 e. The first-order chi connectivity index (χ1) is 19.7. The monoisotopic (exact) mass is 515 g/mol. The zero-order chi connectivity index (χ0) is 27.1. The van der Waals surface area contributed by atoms with Crippen molar-refractivity contribution in [2.75, 3.05) is 10.6 Å². The number of benzene rings is 5. The van der Waals surface area contributed by atoms with Gasteiger partial charge in [-0.05, 0) is 93.4 Å². The summed E-state index contributed by atoms with van der Waals surface area (Å²) in [7, 11) is 0. The zero-order valence-electron chi connectivity index (χ0n) is 22.0. The predicted octanol–water partition coefficient (Wildman–Crippen LogP) is 7.72. The molecule has 1 aliphatic carbocycles. The Morgan fingerprint density at radius 2 is 0.850 bits per heavy atom. The molecular formula is C37H29N3. The minimum absolute atomic E-state index is 0.520. The summed E-state index contributed by atoms with van der Waals surface area (Å²) >= 11 is 0. The van der Waals surface area contributed by atoms with Crippen LogP contribution in [0.25, 0.3) is 11.1 Å². The topological polar surface area (TPSA) is 47.9 Å². The van der Waals surface area contributed by atoms with E-state index in [-0.39, 0.29) is 0 Å². The van der Waals surface area contributed by atoms with E-state index >= 15 is 0 Å². The van der Waals surface area contributed by atoms with Gasteiger partial charge in [0, 0.05) is 22.7 Å². The van der Waals surface area contributed by atoms with Crippen molar-refractivity contribution in [2.24, 2.45) is 0 Å². The van der Waals surface area contributed by atoms with Gasteiger partial charge in [0.2, 0.25) is 0 Å². The van der Waals surface area contributed by atoms with Crippen LogP contribution in [-0.2, 0) is 0 Å². The van der Waals surface area contributed by atoms with E-state index in [1.165, 1.54) is 5.57 Å². The summed E-state index contributed by atoms with van der Waals surface area (Å²) in [5, 5.41) is 17.0. The van der Waals surface area contributed by atoms with E-state index in [1.54, 1.807) is 0 Å². The third kappa shape index (κ3) is 5.85. The molecule has 5 aromatic carbocycles. The van der Waals surface area contributed by atoms with Gasteiger partial charge >= 0.3 is 0 Å². The molecule has 0 heterocycles. The summed E-state index contributed by atoms with van der Waals surface area (Å²) in [5.74, 6) is 0. The van der Waals surface area contributed by atoms with Gasteiger partial charge in [-0.1, -0.05) is 97.1 Å². The van der Waals surface area contributed by atoms with Crippen molar-refractivity contribution in [1.29, 1.82) is 5.41 Å². The lowest BCUT2D eigenvalue weighted by molar-refractivity contribution is 1.45. The molecule has 3 heteroatoms. The van der Waals surface area contributed by atoms with Crippen LogP contribution in [0.15, 0.2) is 158 Å². The van der Waals surface area contributed by atoms with Crippen LogP contribution >= 0.6 is 0 Å². The Kier molecular flexibility index (Phi) is 7.19. The van der Waals surface area contributed by atoms with E-state index in [9.17, 15) is 0 Å². The molecule has 40 heavy (non-hydrogen) atoms. The quantitative estimate of drug-likeness (QED) is 0.217. The highest BCUT2D eigenvalue weighted by atomic mass is 14.9. The maximum absolute atomic E-state index is 7.78. The minimum atomic E-state index is 0.520. The van der Waals surface area contributed by atoms with Crippen molar-refractivity contribution in [2.45, 2.75) is 0 Å².